The molecule has 1 aliphatic rings. The number of rotatable bonds is 5. The number of carbonyl (C=O) groups excluding carboxylic acids is 1. The third-order valence-electron chi connectivity index (χ3n) is 3.38. The molecule has 104 valence electrons. The lowest BCUT2D eigenvalue weighted by Crippen LogP contribution is -2.34. The fraction of sp³-hybridized carbons (Fsp3) is 0.462. The highest BCUT2D eigenvalue weighted by atomic mass is 32.2. The van der Waals surface area contributed by atoms with Gasteiger partial charge in [-0.05, 0) is 57.0 Å². The number of hydrogen-bond acceptors (Lipinski definition) is 3. The van der Waals surface area contributed by atoms with E-state index in [0.29, 0.717) is 11.5 Å². The smallest absolute Gasteiger partial charge is 0.251 e. The molecule has 0 saturated heterocycles. The van der Waals surface area contributed by atoms with Crippen LogP contribution in [-0.4, -0.2) is 27.4 Å². The molecule has 0 radical (unpaired) electrons. The van der Waals surface area contributed by atoms with E-state index in [-0.39, 0.29) is 16.8 Å². The number of amides is 1. The predicted octanol–water partition coefficient (Wildman–Crippen LogP) is 1.12. The molecule has 0 bridgehead atoms. The monoisotopic (exact) mass is 282 g/mol. The molecule has 1 unspecified atom stereocenters. The Balaban J connectivity index is 2.07. The lowest BCUT2D eigenvalue weighted by Gasteiger charge is -2.12. The Morgan fingerprint density at radius 3 is 2.32 bits per heavy atom. The first-order valence-electron chi connectivity index (χ1n) is 6.28. The SMILES string of the molecule is CNS(=O)(=O)c1ccc(C(=O)NC(C)C2CC2)cc1. The molecule has 0 aliphatic heterocycles. The van der Waals surface area contributed by atoms with Crippen molar-refractivity contribution in [3.8, 4) is 0 Å². The van der Waals surface area contributed by atoms with Gasteiger partial charge in [0.25, 0.3) is 5.91 Å². The van der Waals surface area contributed by atoms with Crippen LogP contribution in [-0.2, 0) is 10.0 Å². The van der Waals surface area contributed by atoms with Gasteiger partial charge < -0.3 is 5.32 Å². The highest BCUT2D eigenvalue weighted by Crippen LogP contribution is 2.32. The van der Waals surface area contributed by atoms with Crippen molar-refractivity contribution in [3.63, 3.8) is 0 Å². The second-order valence-corrected chi connectivity index (χ2v) is 6.72. The van der Waals surface area contributed by atoms with Crippen LogP contribution < -0.4 is 10.0 Å². The topological polar surface area (TPSA) is 75.3 Å². The van der Waals surface area contributed by atoms with Crippen molar-refractivity contribution in [2.45, 2.75) is 30.7 Å². The van der Waals surface area contributed by atoms with Gasteiger partial charge in [-0.25, -0.2) is 13.1 Å². The molecule has 1 saturated carbocycles. The minimum Gasteiger partial charge on any atom is -0.349 e. The molecule has 1 amide bonds. The van der Waals surface area contributed by atoms with E-state index in [1.165, 1.54) is 44.2 Å². The van der Waals surface area contributed by atoms with E-state index in [9.17, 15) is 13.2 Å². The van der Waals surface area contributed by atoms with Gasteiger partial charge in [-0.1, -0.05) is 0 Å². The maximum Gasteiger partial charge on any atom is 0.251 e. The minimum atomic E-state index is -3.45. The quantitative estimate of drug-likeness (QED) is 0.850. The number of carbonyl (C=O) groups is 1. The molecular formula is C13H18N2O3S. The molecule has 0 aromatic heterocycles. The number of hydrogen-bond donors (Lipinski definition) is 2. The fourth-order valence-electron chi connectivity index (χ4n) is 1.91. The average molecular weight is 282 g/mol. The predicted molar refractivity (Wildman–Crippen MR) is 72.3 cm³/mol. The fourth-order valence-corrected chi connectivity index (χ4v) is 2.64. The summed E-state index contributed by atoms with van der Waals surface area (Å²) in [5, 5.41) is 2.93. The van der Waals surface area contributed by atoms with Crippen LogP contribution in [0.4, 0.5) is 0 Å². The zero-order chi connectivity index (χ0) is 14.0. The lowest BCUT2D eigenvalue weighted by atomic mass is 10.1. The van der Waals surface area contributed by atoms with Gasteiger partial charge in [-0.15, -0.1) is 0 Å². The van der Waals surface area contributed by atoms with E-state index in [0.717, 1.165) is 0 Å². The first-order chi connectivity index (χ1) is 8.94. The van der Waals surface area contributed by atoms with Crippen molar-refractivity contribution in [2.24, 2.45) is 5.92 Å². The number of sulfonamides is 1. The van der Waals surface area contributed by atoms with Crippen LogP contribution in [0.2, 0.25) is 0 Å². The van der Waals surface area contributed by atoms with Gasteiger partial charge in [0.15, 0.2) is 0 Å². The van der Waals surface area contributed by atoms with Crippen molar-refractivity contribution in [3.05, 3.63) is 29.8 Å². The van der Waals surface area contributed by atoms with E-state index in [2.05, 4.69) is 10.0 Å². The van der Waals surface area contributed by atoms with Crippen LogP contribution >= 0.6 is 0 Å². The zero-order valence-electron chi connectivity index (χ0n) is 11.0. The molecule has 1 aromatic rings. The van der Waals surface area contributed by atoms with Crippen LogP contribution in [0.1, 0.15) is 30.1 Å². The Hall–Kier alpha value is -1.40. The van der Waals surface area contributed by atoms with Gasteiger partial charge in [0.2, 0.25) is 10.0 Å². The van der Waals surface area contributed by atoms with Crippen molar-refractivity contribution in [1.82, 2.24) is 10.0 Å². The summed E-state index contributed by atoms with van der Waals surface area (Å²) in [4.78, 5) is 12.1. The molecule has 2 rings (SSSR count). The van der Waals surface area contributed by atoms with E-state index in [4.69, 9.17) is 0 Å². The van der Waals surface area contributed by atoms with E-state index in [1.807, 2.05) is 6.92 Å². The van der Waals surface area contributed by atoms with Crippen LogP contribution in [0.3, 0.4) is 0 Å². The zero-order valence-corrected chi connectivity index (χ0v) is 11.8. The first-order valence-corrected chi connectivity index (χ1v) is 7.77. The van der Waals surface area contributed by atoms with Gasteiger partial charge in [0.1, 0.15) is 0 Å². The van der Waals surface area contributed by atoms with E-state index >= 15 is 0 Å². The molecule has 1 fully saturated rings. The van der Waals surface area contributed by atoms with E-state index in [1.54, 1.807) is 0 Å². The van der Waals surface area contributed by atoms with Gasteiger partial charge in [0, 0.05) is 11.6 Å². The van der Waals surface area contributed by atoms with Gasteiger partial charge in [-0.2, -0.15) is 0 Å². The van der Waals surface area contributed by atoms with Crippen molar-refractivity contribution < 1.29 is 13.2 Å². The van der Waals surface area contributed by atoms with Crippen molar-refractivity contribution in [2.75, 3.05) is 7.05 Å². The Labute approximate surface area is 113 Å². The summed E-state index contributed by atoms with van der Waals surface area (Å²) >= 11 is 0. The maximum atomic E-state index is 11.9. The lowest BCUT2D eigenvalue weighted by molar-refractivity contribution is 0.0935. The summed E-state index contributed by atoms with van der Waals surface area (Å²) in [6, 6.07) is 6.09. The van der Waals surface area contributed by atoms with E-state index < -0.39 is 10.0 Å². The molecule has 0 heterocycles. The average Bonchev–Trinajstić information content (AvgIpc) is 3.23. The van der Waals surface area contributed by atoms with Crippen molar-refractivity contribution in [1.29, 1.82) is 0 Å². The Bertz CT molecular complexity index is 562. The standard InChI is InChI=1S/C13H18N2O3S/c1-9(10-3-4-10)15-13(16)11-5-7-12(8-6-11)19(17,18)14-2/h5-10,14H,3-4H2,1-2H3,(H,15,16). The van der Waals surface area contributed by atoms with Crippen molar-refractivity contribution >= 4 is 15.9 Å². The van der Waals surface area contributed by atoms with Crippen LogP contribution in [0.5, 0.6) is 0 Å². The maximum absolute atomic E-state index is 11.9. The van der Waals surface area contributed by atoms with Gasteiger partial charge in [-0.3, -0.25) is 4.79 Å². The number of nitrogens with one attached hydrogen (secondary N) is 2. The molecule has 1 aromatic carbocycles. The largest absolute Gasteiger partial charge is 0.349 e. The Morgan fingerprint density at radius 1 is 1.26 bits per heavy atom. The van der Waals surface area contributed by atoms with Crippen LogP contribution in [0.25, 0.3) is 0 Å². The van der Waals surface area contributed by atoms with Gasteiger partial charge in [0.05, 0.1) is 4.90 Å². The Kier molecular flexibility index (Phi) is 3.91. The molecule has 19 heavy (non-hydrogen) atoms. The molecular weight excluding hydrogens is 264 g/mol. The van der Waals surface area contributed by atoms with Crippen LogP contribution in [0.15, 0.2) is 29.2 Å². The minimum absolute atomic E-state index is 0.154. The Morgan fingerprint density at radius 2 is 1.84 bits per heavy atom. The third kappa shape index (κ3) is 3.33. The second-order valence-electron chi connectivity index (χ2n) is 4.83. The normalized spacial score (nSPS) is 16.9. The molecule has 1 aliphatic carbocycles. The molecule has 5 nitrogen and oxygen atoms in total. The summed E-state index contributed by atoms with van der Waals surface area (Å²) in [6.07, 6.45) is 2.33. The van der Waals surface area contributed by atoms with Crippen LogP contribution in [0, 0.1) is 5.92 Å². The summed E-state index contributed by atoms with van der Waals surface area (Å²) in [7, 11) is -2.09. The summed E-state index contributed by atoms with van der Waals surface area (Å²) < 4.78 is 25.3. The summed E-state index contributed by atoms with van der Waals surface area (Å²) in [5.74, 6) is 0.431. The second kappa shape index (κ2) is 5.30. The third-order valence-corrected chi connectivity index (χ3v) is 4.81. The number of benzene rings is 1. The highest BCUT2D eigenvalue weighted by Gasteiger charge is 2.29. The first kappa shape index (κ1) is 14.0. The summed E-state index contributed by atoms with van der Waals surface area (Å²) in [5.41, 5.74) is 0.475. The molecule has 6 heteroatoms. The molecule has 2 N–H and O–H groups in total. The molecule has 0 spiro atoms. The highest BCUT2D eigenvalue weighted by molar-refractivity contribution is 7.89. The summed E-state index contributed by atoms with van der Waals surface area (Å²) in [6.45, 7) is 2.00. The van der Waals surface area contributed by atoms with Gasteiger partial charge >= 0.3 is 0 Å². The molecule has 1 atom stereocenters.